The predicted octanol–water partition coefficient (Wildman–Crippen LogP) is 1.72. The summed E-state index contributed by atoms with van der Waals surface area (Å²) in [4.78, 5) is 13.5. The van der Waals surface area contributed by atoms with Crippen LogP contribution in [0, 0.1) is 11.3 Å². The molecule has 0 aliphatic carbocycles. The molecule has 0 fully saturated rings. The smallest absolute Gasteiger partial charge is 0.260 e. The number of hydrogen-bond donors (Lipinski definition) is 1. The highest BCUT2D eigenvalue weighted by Crippen LogP contribution is 2.17. The van der Waals surface area contributed by atoms with Gasteiger partial charge in [0.05, 0.1) is 6.07 Å². The van der Waals surface area contributed by atoms with Crippen molar-refractivity contribution in [3.8, 4) is 11.8 Å². The van der Waals surface area contributed by atoms with Crippen molar-refractivity contribution in [2.45, 2.75) is 19.9 Å². The van der Waals surface area contributed by atoms with E-state index in [9.17, 15) is 4.79 Å². The first kappa shape index (κ1) is 16.0. The molecule has 0 aromatic heterocycles. The third-order valence-corrected chi connectivity index (χ3v) is 3.11. The minimum absolute atomic E-state index is 0.0239. The number of carbonyl (C=O) groups is 1. The lowest BCUT2D eigenvalue weighted by molar-refractivity contribution is -0.132. The van der Waals surface area contributed by atoms with Gasteiger partial charge < -0.3 is 15.0 Å². The van der Waals surface area contributed by atoms with Gasteiger partial charge in [0, 0.05) is 13.1 Å². The Kier molecular flexibility index (Phi) is 6.54. The van der Waals surface area contributed by atoms with E-state index in [2.05, 4.69) is 11.4 Å². The van der Waals surface area contributed by atoms with Gasteiger partial charge in [0.25, 0.3) is 5.91 Å². The van der Waals surface area contributed by atoms with E-state index in [1.165, 1.54) is 0 Å². The molecule has 1 amide bonds. The van der Waals surface area contributed by atoms with Gasteiger partial charge in [-0.05, 0) is 38.6 Å². The first-order chi connectivity index (χ1) is 9.65. The second-order valence-corrected chi connectivity index (χ2v) is 4.27. The zero-order valence-corrected chi connectivity index (χ0v) is 12.2. The number of rotatable bonds is 7. The summed E-state index contributed by atoms with van der Waals surface area (Å²) in [6.45, 7) is 5.29. The lowest BCUT2D eigenvalue weighted by Gasteiger charge is -2.18. The number of carbonyl (C=O) groups excluding carboxylic acids is 1. The Balaban J connectivity index is 2.58. The number of likely N-dealkylation sites (N-methyl/N-ethyl adjacent to an activating group) is 1. The maximum Gasteiger partial charge on any atom is 0.260 e. The summed E-state index contributed by atoms with van der Waals surface area (Å²) in [5.41, 5.74) is 0.873. The fourth-order valence-electron chi connectivity index (χ4n) is 1.87. The van der Waals surface area contributed by atoms with Gasteiger partial charge in [0.1, 0.15) is 11.8 Å². The lowest BCUT2D eigenvalue weighted by Crippen LogP contribution is -2.34. The van der Waals surface area contributed by atoms with Crippen LogP contribution in [0.1, 0.15) is 25.5 Å². The summed E-state index contributed by atoms with van der Waals surface area (Å²) >= 11 is 0. The van der Waals surface area contributed by atoms with E-state index in [1.807, 2.05) is 26.0 Å². The molecule has 0 heterocycles. The van der Waals surface area contributed by atoms with Crippen LogP contribution in [0.2, 0.25) is 0 Å². The van der Waals surface area contributed by atoms with Gasteiger partial charge >= 0.3 is 0 Å². The fourth-order valence-corrected chi connectivity index (χ4v) is 1.87. The number of ether oxygens (including phenoxy) is 1. The molecule has 5 heteroatoms. The van der Waals surface area contributed by atoms with Gasteiger partial charge in [-0.3, -0.25) is 4.79 Å². The molecule has 5 nitrogen and oxygen atoms in total. The maximum atomic E-state index is 11.8. The monoisotopic (exact) mass is 275 g/mol. The van der Waals surface area contributed by atoms with Crippen molar-refractivity contribution in [1.29, 1.82) is 5.26 Å². The van der Waals surface area contributed by atoms with Crippen LogP contribution in [0.4, 0.5) is 0 Å². The second kappa shape index (κ2) is 8.18. The molecule has 0 saturated carbocycles. The summed E-state index contributed by atoms with van der Waals surface area (Å²) in [7, 11) is 1.74. The van der Waals surface area contributed by atoms with Gasteiger partial charge in [-0.1, -0.05) is 12.1 Å². The number of benzene rings is 1. The van der Waals surface area contributed by atoms with Crippen molar-refractivity contribution in [2.24, 2.45) is 0 Å². The average molecular weight is 275 g/mol. The summed E-state index contributed by atoms with van der Waals surface area (Å²) in [6, 6.07) is 9.01. The average Bonchev–Trinajstić information content (AvgIpc) is 2.49. The van der Waals surface area contributed by atoms with E-state index in [0.717, 1.165) is 5.56 Å². The number of hydrogen-bond acceptors (Lipinski definition) is 4. The largest absolute Gasteiger partial charge is 0.484 e. The van der Waals surface area contributed by atoms with Crippen molar-refractivity contribution < 1.29 is 9.53 Å². The number of nitriles is 1. The Hall–Kier alpha value is -2.06. The van der Waals surface area contributed by atoms with E-state index in [1.54, 1.807) is 24.1 Å². The Morgan fingerprint density at radius 2 is 1.95 bits per heavy atom. The normalized spacial score (nSPS) is 11.5. The summed E-state index contributed by atoms with van der Waals surface area (Å²) < 4.78 is 5.46. The Bertz CT molecular complexity index is 461. The topological polar surface area (TPSA) is 65.4 Å². The maximum absolute atomic E-state index is 11.8. The predicted molar refractivity (Wildman–Crippen MR) is 77.3 cm³/mol. The Morgan fingerprint density at radius 1 is 1.35 bits per heavy atom. The number of nitrogens with zero attached hydrogens (tertiary/aromatic N) is 2. The minimum Gasteiger partial charge on any atom is -0.484 e. The molecule has 0 spiro atoms. The first-order valence-electron chi connectivity index (χ1n) is 6.73. The molecule has 20 heavy (non-hydrogen) atoms. The fraction of sp³-hybridized carbons (Fsp3) is 0.467. The van der Waals surface area contributed by atoms with Crippen LogP contribution in [-0.4, -0.2) is 37.6 Å². The van der Waals surface area contributed by atoms with Gasteiger partial charge in [0.15, 0.2) is 6.61 Å². The van der Waals surface area contributed by atoms with Crippen molar-refractivity contribution >= 4 is 5.91 Å². The summed E-state index contributed by atoms with van der Waals surface area (Å²) in [5.74, 6) is 0.603. The molecular formula is C15H21N3O2. The van der Waals surface area contributed by atoms with Gasteiger partial charge in [-0.2, -0.15) is 5.26 Å². The molecule has 0 aliphatic rings. The minimum atomic E-state index is -0.332. The molecule has 0 bridgehead atoms. The van der Waals surface area contributed by atoms with Crippen LogP contribution in [-0.2, 0) is 4.79 Å². The van der Waals surface area contributed by atoms with Crippen LogP contribution in [0.25, 0.3) is 0 Å². The summed E-state index contributed by atoms with van der Waals surface area (Å²) in [5, 5.41) is 11.9. The quantitative estimate of drug-likeness (QED) is 0.823. The highest BCUT2D eigenvalue weighted by atomic mass is 16.5. The van der Waals surface area contributed by atoms with Crippen LogP contribution < -0.4 is 10.1 Å². The van der Waals surface area contributed by atoms with Crippen molar-refractivity contribution in [3.05, 3.63) is 29.8 Å². The second-order valence-electron chi connectivity index (χ2n) is 4.27. The van der Waals surface area contributed by atoms with Gasteiger partial charge in [-0.25, -0.2) is 0 Å². The Labute approximate surface area is 120 Å². The van der Waals surface area contributed by atoms with E-state index in [0.29, 0.717) is 18.8 Å². The molecule has 1 unspecified atom stereocenters. The molecule has 1 aromatic rings. The van der Waals surface area contributed by atoms with Crippen LogP contribution in [0.3, 0.4) is 0 Å². The molecule has 0 aliphatic heterocycles. The standard InChI is InChI=1S/C15H21N3O2/c1-4-18(5-2)15(19)11-20-13-8-6-12(7-9-13)14(10-16)17-3/h6-9,14,17H,4-5,11H2,1-3H3. The molecule has 1 N–H and O–H groups in total. The zero-order valence-electron chi connectivity index (χ0n) is 12.2. The van der Waals surface area contributed by atoms with Crippen molar-refractivity contribution in [2.75, 3.05) is 26.7 Å². The van der Waals surface area contributed by atoms with Crippen LogP contribution in [0.5, 0.6) is 5.75 Å². The molecule has 1 aromatic carbocycles. The summed E-state index contributed by atoms with van der Waals surface area (Å²) in [6.07, 6.45) is 0. The Morgan fingerprint density at radius 3 is 2.40 bits per heavy atom. The highest BCUT2D eigenvalue weighted by Gasteiger charge is 2.11. The molecule has 0 saturated heterocycles. The highest BCUT2D eigenvalue weighted by molar-refractivity contribution is 5.77. The van der Waals surface area contributed by atoms with Crippen molar-refractivity contribution in [1.82, 2.24) is 10.2 Å². The van der Waals surface area contributed by atoms with Crippen molar-refractivity contribution in [3.63, 3.8) is 0 Å². The molecule has 0 radical (unpaired) electrons. The molecule has 1 atom stereocenters. The third-order valence-electron chi connectivity index (χ3n) is 3.11. The SMILES string of the molecule is CCN(CC)C(=O)COc1ccc(C(C#N)NC)cc1. The number of nitrogens with one attached hydrogen (secondary N) is 1. The van der Waals surface area contributed by atoms with E-state index in [-0.39, 0.29) is 18.6 Å². The van der Waals surface area contributed by atoms with Crippen LogP contribution in [0.15, 0.2) is 24.3 Å². The van der Waals surface area contributed by atoms with Gasteiger partial charge in [-0.15, -0.1) is 0 Å². The van der Waals surface area contributed by atoms with E-state index >= 15 is 0 Å². The zero-order chi connectivity index (χ0) is 15.0. The van der Waals surface area contributed by atoms with Crippen LogP contribution >= 0.6 is 0 Å². The molecule has 1 rings (SSSR count). The third kappa shape index (κ3) is 4.25. The molecular weight excluding hydrogens is 254 g/mol. The van der Waals surface area contributed by atoms with E-state index in [4.69, 9.17) is 10.00 Å². The number of amides is 1. The lowest BCUT2D eigenvalue weighted by atomic mass is 10.1. The van der Waals surface area contributed by atoms with E-state index < -0.39 is 0 Å². The van der Waals surface area contributed by atoms with Gasteiger partial charge in [0.2, 0.25) is 0 Å². The molecule has 108 valence electrons. The first-order valence-corrected chi connectivity index (χ1v) is 6.73.